The van der Waals surface area contributed by atoms with Crippen LogP contribution >= 0.6 is 0 Å². The Bertz CT molecular complexity index is 1890. The van der Waals surface area contributed by atoms with Crippen LogP contribution in [-0.4, -0.2) is 58.9 Å². The Morgan fingerprint density at radius 1 is 0.778 bits per heavy atom. The molecule has 0 fully saturated rings. The molecule has 4 aromatic carbocycles. The van der Waals surface area contributed by atoms with E-state index in [-0.39, 0.29) is 41.6 Å². The number of rotatable bonds is 8. The molecule has 11 nitrogen and oxygen atoms in total. The number of esters is 1. The summed E-state index contributed by atoms with van der Waals surface area (Å²) in [5.41, 5.74) is 3.74. The molecule has 0 aliphatic heterocycles. The topological polar surface area (TPSA) is 205 Å². The molecule has 1 aliphatic rings. The molecule has 0 unspecified atom stereocenters. The number of carbonyl (C=O) groups excluding carboxylic acids is 1. The second-order valence-corrected chi connectivity index (χ2v) is 10.5. The fraction of sp³-hybridized carbons (Fsp3) is 0.118. The van der Waals surface area contributed by atoms with Gasteiger partial charge in [-0.2, -0.15) is 0 Å². The van der Waals surface area contributed by atoms with Gasteiger partial charge in [0.15, 0.2) is 34.5 Å². The summed E-state index contributed by atoms with van der Waals surface area (Å²) in [7, 11) is 0. The second kappa shape index (κ2) is 12.3. The van der Waals surface area contributed by atoms with Gasteiger partial charge in [0.25, 0.3) is 0 Å². The number of ether oxygens (including phenoxy) is 1. The first kappa shape index (κ1) is 30.4. The van der Waals surface area contributed by atoms with Gasteiger partial charge >= 0.3 is 11.9 Å². The Morgan fingerprint density at radius 3 is 2.18 bits per heavy atom. The van der Waals surface area contributed by atoms with Gasteiger partial charge in [0.05, 0.1) is 0 Å². The smallest absolute Gasteiger partial charge is 0.345 e. The van der Waals surface area contributed by atoms with Crippen LogP contribution in [0.1, 0.15) is 34.2 Å². The van der Waals surface area contributed by atoms with Crippen LogP contribution in [0.5, 0.6) is 40.2 Å². The van der Waals surface area contributed by atoms with Gasteiger partial charge in [-0.25, -0.2) is 9.59 Å². The highest BCUT2D eigenvalue weighted by molar-refractivity contribution is 5.96. The lowest BCUT2D eigenvalue weighted by molar-refractivity contribution is -0.160. The van der Waals surface area contributed by atoms with E-state index < -0.39 is 29.5 Å². The van der Waals surface area contributed by atoms with Gasteiger partial charge in [-0.15, -0.1) is 0 Å². The van der Waals surface area contributed by atoms with Gasteiger partial charge in [-0.3, -0.25) is 0 Å². The lowest BCUT2D eigenvalue weighted by Crippen LogP contribution is -2.28. The van der Waals surface area contributed by atoms with Crippen molar-refractivity contribution in [1.82, 2.24) is 0 Å². The van der Waals surface area contributed by atoms with E-state index in [2.05, 4.69) is 0 Å². The van der Waals surface area contributed by atoms with Gasteiger partial charge in [-0.05, 0) is 100 Å². The van der Waals surface area contributed by atoms with Crippen LogP contribution < -0.4 is 0 Å². The minimum atomic E-state index is -1.61. The lowest BCUT2D eigenvalue weighted by atomic mass is 9.83. The Hall–Kier alpha value is -6.10. The van der Waals surface area contributed by atoms with Gasteiger partial charge in [0.1, 0.15) is 5.75 Å². The first-order valence-corrected chi connectivity index (χ1v) is 13.7. The third kappa shape index (κ3) is 6.47. The fourth-order valence-corrected chi connectivity index (χ4v) is 5.21. The highest BCUT2D eigenvalue weighted by Crippen LogP contribution is 2.45. The molecule has 1 aliphatic carbocycles. The fourth-order valence-electron chi connectivity index (χ4n) is 5.21. The van der Waals surface area contributed by atoms with Crippen molar-refractivity contribution >= 4 is 29.7 Å². The van der Waals surface area contributed by atoms with Crippen LogP contribution in [0.25, 0.3) is 28.9 Å². The molecule has 11 heteroatoms. The third-order valence-corrected chi connectivity index (χ3v) is 7.43. The van der Waals surface area contributed by atoms with Crippen molar-refractivity contribution < 1.29 is 55.2 Å². The summed E-state index contributed by atoms with van der Waals surface area (Å²) >= 11 is 0. The lowest BCUT2D eigenvalue weighted by Gasteiger charge is -2.22. The van der Waals surface area contributed by atoms with Crippen LogP contribution in [0, 0.1) is 0 Å². The van der Waals surface area contributed by atoms with Crippen LogP contribution in [0.15, 0.2) is 66.7 Å². The van der Waals surface area contributed by atoms with Gasteiger partial charge in [0.2, 0.25) is 6.10 Å². The highest BCUT2D eigenvalue weighted by atomic mass is 16.6. The van der Waals surface area contributed by atoms with Crippen molar-refractivity contribution in [1.29, 1.82) is 0 Å². The standard InChI is InChI=1S/C34H28O11/c35-21-3-1-2-18(12-21)24-15-28(38)29(39)16-25(24)19-5-7-22-23(13-19)20(14-30(40)33(22)42)6-9-32(41)45-31(34(43)44)11-17-4-8-26(36)27(37)10-17/h1-4,6,8-10,12-16,31,35-40,42H,5,7,11H2,(H,43,44)/t31-/m1/s1. The molecule has 0 aromatic heterocycles. The molecular weight excluding hydrogens is 584 g/mol. The first-order valence-electron chi connectivity index (χ1n) is 13.7. The maximum absolute atomic E-state index is 12.7. The minimum Gasteiger partial charge on any atom is -0.508 e. The molecular formula is C34H28O11. The van der Waals surface area contributed by atoms with Crippen LogP contribution in [-0.2, 0) is 27.2 Å². The van der Waals surface area contributed by atoms with E-state index in [1.807, 2.05) is 0 Å². The number of phenolic OH excluding ortho intramolecular Hbond substituents is 7. The van der Waals surface area contributed by atoms with Crippen molar-refractivity contribution in [2.24, 2.45) is 0 Å². The number of carboxylic acids is 1. The molecule has 0 radical (unpaired) electrons. The predicted octanol–water partition coefficient (Wildman–Crippen LogP) is 5.03. The van der Waals surface area contributed by atoms with Crippen LogP contribution in [0.4, 0.5) is 0 Å². The number of phenols is 7. The Balaban J connectivity index is 1.48. The SMILES string of the molecule is O=C(C=Cc1cc(O)c(O)c2c1C=C(c1cc(O)c(O)cc1-c1cccc(O)c1)CC2)O[C@H](Cc1ccc(O)c(O)c1)C(=O)O. The van der Waals surface area contributed by atoms with Crippen LogP contribution in [0.3, 0.4) is 0 Å². The monoisotopic (exact) mass is 612 g/mol. The summed E-state index contributed by atoms with van der Waals surface area (Å²) in [6, 6.07) is 14.1. The molecule has 0 saturated heterocycles. The van der Waals surface area contributed by atoms with E-state index in [1.54, 1.807) is 18.2 Å². The molecule has 4 aromatic rings. The van der Waals surface area contributed by atoms with E-state index in [1.165, 1.54) is 48.5 Å². The Labute approximate surface area is 256 Å². The summed E-state index contributed by atoms with van der Waals surface area (Å²) in [4.78, 5) is 24.5. The largest absolute Gasteiger partial charge is 0.508 e. The average molecular weight is 613 g/mol. The number of carboxylic acid groups (broad SMARTS) is 1. The molecule has 0 spiro atoms. The van der Waals surface area contributed by atoms with Crippen molar-refractivity contribution in [3.05, 3.63) is 94.6 Å². The molecule has 5 rings (SSSR count). The van der Waals surface area contributed by atoms with E-state index in [0.717, 1.165) is 12.1 Å². The normalized spacial score (nSPS) is 13.2. The molecule has 8 N–H and O–H groups in total. The predicted molar refractivity (Wildman–Crippen MR) is 163 cm³/mol. The van der Waals surface area contributed by atoms with Gasteiger partial charge < -0.3 is 45.6 Å². The molecule has 1 atom stereocenters. The van der Waals surface area contributed by atoms with Gasteiger partial charge in [-0.1, -0.05) is 24.3 Å². The number of hydrogen-bond donors (Lipinski definition) is 8. The Morgan fingerprint density at radius 2 is 1.49 bits per heavy atom. The Kier molecular flexibility index (Phi) is 8.27. The third-order valence-electron chi connectivity index (χ3n) is 7.43. The summed E-state index contributed by atoms with van der Waals surface area (Å²) in [6.07, 6.45) is 2.70. The molecule has 0 heterocycles. The number of fused-ring (bicyclic) bond motifs is 1. The maximum atomic E-state index is 12.7. The zero-order valence-electron chi connectivity index (χ0n) is 23.5. The number of hydrogen-bond acceptors (Lipinski definition) is 10. The van der Waals surface area contributed by atoms with E-state index in [0.29, 0.717) is 50.9 Å². The van der Waals surface area contributed by atoms with E-state index in [4.69, 9.17) is 4.74 Å². The molecule has 0 saturated carbocycles. The number of benzene rings is 4. The summed E-state index contributed by atoms with van der Waals surface area (Å²) in [5, 5.41) is 80.4. The molecule has 0 amide bonds. The molecule has 230 valence electrons. The van der Waals surface area contributed by atoms with E-state index >= 15 is 0 Å². The summed E-state index contributed by atoms with van der Waals surface area (Å²) in [6.45, 7) is 0. The van der Waals surface area contributed by atoms with Crippen molar-refractivity contribution in [2.45, 2.75) is 25.4 Å². The quantitative estimate of drug-likeness (QED) is 0.0752. The number of aliphatic carboxylic acids is 1. The van der Waals surface area contributed by atoms with Crippen molar-refractivity contribution in [3.63, 3.8) is 0 Å². The second-order valence-electron chi connectivity index (χ2n) is 10.5. The number of aromatic hydroxyl groups is 7. The molecule has 0 bridgehead atoms. The minimum absolute atomic E-state index is 0.0000381. The summed E-state index contributed by atoms with van der Waals surface area (Å²) in [5.74, 6) is -4.79. The highest BCUT2D eigenvalue weighted by Gasteiger charge is 2.25. The first-order chi connectivity index (χ1) is 21.4. The zero-order chi connectivity index (χ0) is 32.4. The zero-order valence-corrected chi connectivity index (χ0v) is 23.5. The number of allylic oxidation sites excluding steroid dienone is 1. The van der Waals surface area contributed by atoms with Gasteiger partial charge in [0, 0.05) is 18.1 Å². The molecule has 45 heavy (non-hydrogen) atoms. The van der Waals surface area contributed by atoms with Crippen LogP contribution in [0.2, 0.25) is 0 Å². The van der Waals surface area contributed by atoms with E-state index in [9.17, 15) is 50.4 Å². The van der Waals surface area contributed by atoms with Crippen molar-refractivity contribution in [2.75, 3.05) is 0 Å². The summed E-state index contributed by atoms with van der Waals surface area (Å²) < 4.78 is 5.13. The van der Waals surface area contributed by atoms with Crippen molar-refractivity contribution in [3.8, 4) is 51.4 Å². The maximum Gasteiger partial charge on any atom is 0.345 e. The average Bonchev–Trinajstić information content (AvgIpc) is 3.00. The number of carbonyl (C=O) groups is 2.